The Bertz CT molecular complexity index is 606. The fourth-order valence-corrected chi connectivity index (χ4v) is 3.22. The molecular formula is C18H19ClO. The molecule has 1 nitrogen and oxygen atoms in total. The molecule has 0 heterocycles. The van der Waals surface area contributed by atoms with Gasteiger partial charge < -0.3 is 4.74 Å². The van der Waals surface area contributed by atoms with Gasteiger partial charge in [-0.15, -0.1) is 11.6 Å². The van der Waals surface area contributed by atoms with Crippen LogP contribution in [0.4, 0.5) is 0 Å². The Labute approximate surface area is 125 Å². The monoisotopic (exact) mass is 286 g/mol. The van der Waals surface area contributed by atoms with Crippen LogP contribution in [-0.4, -0.2) is 7.11 Å². The van der Waals surface area contributed by atoms with E-state index in [1.807, 2.05) is 12.1 Å². The number of methoxy groups -OCH3 is 1. The second kappa shape index (κ2) is 5.88. The van der Waals surface area contributed by atoms with Crippen molar-refractivity contribution < 1.29 is 4.74 Å². The van der Waals surface area contributed by atoms with Gasteiger partial charge in [0.05, 0.1) is 12.5 Å². The number of hydrogen-bond donors (Lipinski definition) is 0. The minimum atomic E-state index is 0.0213. The molecule has 1 aliphatic carbocycles. The van der Waals surface area contributed by atoms with Crippen LogP contribution in [0.25, 0.3) is 0 Å². The standard InChI is InChI=1S/C18H19ClO/c1-20-17-7-2-4-13(10-17)11-18(19)16-9-8-14-5-3-6-15(14)12-16/h2,4,7-10,12,18H,3,5-6,11H2,1H3. The van der Waals surface area contributed by atoms with Gasteiger partial charge in [0, 0.05) is 0 Å². The molecular weight excluding hydrogens is 268 g/mol. The first-order valence-electron chi connectivity index (χ1n) is 7.15. The lowest BCUT2D eigenvalue weighted by atomic mass is 10.00. The molecule has 2 aromatic rings. The molecule has 0 fully saturated rings. The molecule has 0 N–H and O–H groups in total. The second-order valence-corrected chi connectivity index (χ2v) is 5.93. The topological polar surface area (TPSA) is 9.23 Å². The first kappa shape index (κ1) is 13.5. The number of aryl methyl sites for hydroxylation is 2. The Morgan fingerprint density at radius 1 is 1.10 bits per heavy atom. The summed E-state index contributed by atoms with van der Waals surface area (Å²) in [5, 5.41) is 0.0213. The van der Waals surface area contributed by atoms with Gasteiger partial charge in [0.1, 0.15) is 5.75 Å². The molecule has 0 amide bonds. The van der Waals surface area contributed by atoms with Crippen molar-refractivity contribution in [3.8, 4) is 5.75 Å². The third kappa shape index (κ3) is 2.83. The molecule has 0 aromatic heterocycles. The van der Waals surface area contributed by atoms with Crippen molar-refractivity contribution >= 4 is 11.6 Å². The molecule has 0 saturated carbocycles. The number of benzene rings is 2. The molecule has 2 aromatic carbocycles. The van der Waals surface area contributed by atoms with Crippen LogP contribution in [0.3, 0.4) is 0 Å². The molecule has 0 aliphatic heterocycles. The fraction of sp³-hybridized carbons (Fsp3) is 0.333. The second-order valence-electron chi connectivity index (χ2n) is 5.40. The Morgan fingerprint density at radius 3 is 2.80 bits per heavy atom. The Hall–Kier alpha value is -1.47. The lowest BCUT2D eigenvalue weighted by molar-refractivity contribution is 0.414. The van der Waals surface area contributed by atoms with Gasteiger partial charge in [-0.3, -0.25) is 0 Å². The van der Waals surface area contributed by atoms with Crippen LogP contribution in [0, 0.1) is 0 Å². The molecule has 0 bridgehead atoms. The zero-order valence-corrected chi connectivity index (χ0v) is 12.5. The molecule has 1 unspecified atom stereocenters. The molecule has 104 valence electrons. The van der Waals surface area contributed by atoms with E-state index in [1.54, 1.807) is 7.11 Å². The maximum Gasteiger partial charge on any atom is 0.119 e. The SMILES string of the molecule is COc1cccc(CC(Cl)c2ccc3c(c2)CCC3)c1. The summed E-state index contributed by atoms with van der Waals surface area (Å²) in [4.78, 5) is 0. The highest BCUT2D eigenvalue weighted by Crippen LogP contribution is 2.30. The number of alkyl halides is 1. The van der Waals surface area contributed by atoms with Crippen LogP contribution in [0.1, 0.15) is 34.1 Å². The highest BCUT2D eigenvalue weighted by molar-refractivity contribution is 6.20. The van der Waals surface area contributed by atoms with E-state index in [1.165, 1.54) is 41.5 Å². The van der Waals surface area contributed by atoms with Crippen molar-refractivity contribution in [2.75, 3.05) is 7.11 Å². The normalized spacial score (nSPS) is 14.9. The van der Waals surface area contributed by atoms with Crippen LogP contribution in [-0.2, 0) is 19.3 Å². The smallest absolute Gasteiger partial charge is 0.119 e. The highest BCUT2D eigenvalue weighted by atomic mass is 35.5. The zero-order valence-electron chi connectivity index (χ0n) is 11.7. The maximum absolute atomic E-state index is 6.60. The van der Waals surface area contributed by atoms with E-state index in [9.17, 15) is 0 Å². The molecule has 2 heteroatoms. The number of hydrogen-bond acceptors (Lipinski definition) is 1. The Kier molecular flexibility index (Phi) is 3.98. The summed E-state index contributed by atoms with van der Waals surface area (Å²) in [5.41, 5.74) is 5.43. The zero-order chi connectivity index (χ0) is 13.9. The lowest BCUT2D eigenvalue weighted by Crippen LogP contribution is -1.98. The summed E-state index contributed by atoms with van der Waals surface area (Å²) >= 11 is 6.60. The predicted molar refractivity (Wildman–Crippen MR) is 83.8 cm³/mol. The average molecular weight is 287 g/mol. The van der Waals surface area contributed by atoms with Crippen LogP contribution in [0.5, 0.6) is 5.75 Å². The minimum absolute atomic E-state index is 0.0213. The van der Waals surface area contributed by atoms with Crippen molar-refractivity contribution in [2.24, 2.45) is 0 Å². The molecule has 1 aliphatic rings. The summed E-state index contributed by atoms with van der Waals surface area (Å²) in [6.45, 7) is 0. The molecule has 20 heavy (non-hydrogen) atoms. The first-order valence-corrected chi connectivity index (χ1v) is 7.58. The summed E-state index contributed by atoms with van der Waals surface area (Å²) in [6.07, 6.45) is 4.53. The van der Waals surface area contributed by atoms with Gasteiger partial charge in [0.25, 0.3) is 0 Å². The number of fused-ring (bicyclic) bond motifs is 1. The lowest BCUT2D eigenvalue weighted by Gasteiger charge is -2.12. The number of halogens is 1. The van der Waals surface area contributed by atoms with Gasteiger partial charge >= 0.3 is 0 Å². The van der Waals surface area contributed by atoms with Crippen LogP contribution >= 0.6 is 11.6 Å². The predicted octanol–water partition coefficient (Wildman–Crippen LogP) is 4.71. The van der Waals surface area contributed by atoms with E-state index in [4.69, 9.17) is 16.3 Å². The molecule has 0 spiro atoms. The van der Waals surface area contributed by atoms with Gasteiger partial charge in [-0.05, 0) is 60.1 Å². The van der Waals surface area contributed by atoms with E-state index in [0.717, 1.165) is 12.2 Å². The fourth-order valence-electron chi connectivity index (χ4n) is 2.91. The van der Waals surface area contributed by atoms with Gasteiger partial charge in [-0.2, -0.15) is 0 Å². The van der Waals surface area contributed by atoms with Crippen molar-refractivity contribution in [3.05, 3.63) is 64.7 Å². The van der Waals surface area contributed by atoms with Gasteiger partial charge in [0.15, 0.2) is 0 Å². The van der Waals surface area contributed by atoms with E-state index in [0.29, 0.717) is 0 Å². The molecule has 1 atom stereocenters. The van der Waals surface area contributed by atoms with Crippen molar-refractivity contribution in [2.45, 2.75) is 31.1 Å². The molecule has 0 radical (unpaired) electrons. The van der Waals surface area contributed by atoms with E-state index in [-0.39, 0.29) is 5.38 Å². The number of rotatable bonds is 4. The average Bonchev–Trinajstić information content (AvgIpc) is 2.94. The molecule has 3 rings (SSSR count). The number of ether oxygens (including phenoxy) is 1. The summed E-state index contributed by atoms with van der Waals surface area (Å²) in [7, 11) is 1.69. The summed E-state index contributed by atoms with van der Waals surface area (Å²) in [5.74, 6) is 0.889. The van der Waals surface area contributed by atoms with Crippen molar-refractivity contribution in [1.82, 2.24) is 0 Å². The maximum atomic E-state index is 6.60. The Balaban J connectivity index is 1.77. The van der Waals surface area contributed by atoms with E-state index >= 15 is 0 Å². The highest BCUT2D eigenvalue weighted by Gasteiger charge is 2.15. The summed E-state index contributed by atoms with van der Waals surface area (Å²) < 4.78 is 5.26. The van der Waals surface area contributed by atoms with Crippen LogP contribution in [0.2, 0.25) is 0 Å². The molecule has 0 saturated heterocycles. The summed E-state index contributed by atoms with van der Waals surface area (Å²) in [6, 6.07) is 14.9. The van der Waals surface area contributed by atoms with Gasteiger partial charge in [-0.25, -0.2) is 0 Å². The van der Waals surface area contributed by atoms with Crippen LogP contribution in [0.15, 0.2) is 42.5 Å². The largest absolute Gasteiger partial charge is 0.497 e. The Morgan fingerprint density at radius 2 is 1.95 bits per heavy atom. The minimum Gasteiger partial charge on any atom is -0.497 e. The van der Waals surface area contributed by atoms with E-state index in [2.05, 4.69) is 30.3 Å². The van der Waals surface area contributed by atoms with Crippen molar-refractivity contribution in [3.63, 3.8) is 0 Å². The van der Waals surface area contributed by atoms with Gasteiger partial charge in [-0.1, -0.05) is 30.3 Å². The van der Waals surface area contributed by atoms with Gasteiger partial charge in [0.2, 0.25) is 0 Å². The van der Waals surface area contributed by atoms with E-state index < -0.39 is 0 Å². The third-order valence-corrected chi connectivity index (χ3v) is 4.44. The van der Waals surface area contributed by atoms with Crippen LogP contribution < -0.4 is 4.74 Å². The third-order valence-electron chi connectivity index (χ3n) is 4.03. The van der Waals surface area contributed by atoms with Crippen molar-refractivity contribution in [1.29, 1.82) is 0 Å². The first-order chi connectivity index (χ1) is 9.76. The quantitative estimate of drug-likeness (QED) is 0.740.